The summed E-state index contributed by atoms with van der Waals surface area (Å²) in [6.45, 7) is 0. The lowest BCUT2D eigenvalue weighted by Crippen LogP contribution is -2.09. The van der Waals surface area contributed by atoms with E-state index in [0.29, 0.717) is 17.5 Å². The normalized spacial score (nSPS) is 11.4. The van der Waals surface area contributed by atoms with E-state index in [0.717, 1.165) is 66.5 Å². The Bertz CT molecular complexity index is 3210. The molecular weight excluding hydrogens is 709 g/mol. The van der Waals surface area contributed by atoms with Crippen LogP contribution >= 0.6 is 0 Å². The average molecular weight is 743 g/mol. The summed E-state index contributed by atoms with van der Waals surface area (Å²) in [7, 11) is 0. The molecule has 0 bridgehead atoms. The molecule has 0 aliphatic rings. The van der Waals surface area contributed by atoms with Crippen LogP contribution in [0.5, 0.6) is 0 Å². The summed E-state index contributed by atoms with van der Waals surface area (Å²) in [5, 5.41) is 6.61. The Balaban J connectivity index is 1.12. The lowest BCUT2D eigenvalue weighted by molar-refractivity contribution is 0.670. The topological polar surface area (TPSA) is 55.1 Å². The van der Waals surface area contributed by atoms with Crippen molar-refractivity contribution in [1.29, 1.82) is 0 Å². The highest BCUT2D eigenvalue weighted by Crippen LogP contribution is 2.44. The van der Waals surface area contributed by atoms with E-state index in [1.54, 1.807) is 0 Å². The highest BCUT2D eigenvalue weighted by molar-refractivity contribution is 6.22. The van der Waals surface area contributed by atoms with E-state index >= 15 is 0 Å². The molecule has 0 aliphatic heterocycles. The Hall–Kier alpha value is -7.89. The molecule has 2 heterocycles. The first-order chi connectivity index (χ1) is 28.7. The summed E-state index contributed by atoms with van der Waals surface area (Å²) in [6, 6.07) is 71.7. The van der Waals surface area contributed by atoms with Crippen molar-refractivity contribution in [3.63, 3.8) is 0 Å². The first kappa shape index (κ1) is 33.4. The van der Waals surface area contributed by atoms with E-state index in [2.05, 4.69) is 144 Å². The van der Waals surface area contributed by atoms with Crippen LogP contribution in [0.25, 0.3) is 88.8 Å². The highest BCUT2D eigenvalue weighted by atomic mass is 16.3. The first-order valence-corrected chi connectivity index (χ1v) is 19.4. The van der Waals surface area contributed by atoms with Crippen molar-refractivity contribution in [2.24, 2.45) is 0 Å². The minimum absolute atomic E-state index is 0.555. The Morgan fingerprint density at radius 3 is 1.55 bits per heavy atom. The molecule has 5 heteroatoms. The number of nitrogens with zero attached hydrogens (tertiary/aromatic N) is 4. The second-order valence-corrected chi connectivity index (χ2v) is 14.4. The van der Waals surface area contributed by atoms with Crippen LogP contribution in [0.4, 0.5) is 17.1 Å². The SMILES string of the molecule is c1ccc(-c2ccc(N(c3ccc4ccccc4c3)c3ccc4c(c3)oc3c(-c5nc(-c6ccccc6)nc(-c6ccccc6)n5)cc5ccccc5c34)cc2)cc1. The molecule has 9 aromatic carbocycles. The van der Waals surface area contributed by atoms with Gasteiger partial charge in [-0.15, -0.1) is 0 Å². The fourth-order valence-electron chi connectivity index (χ4n) is 8.04. The number of hydrogen-bond donors (Lipinski definition) is 0. The number of rotatable bonds is 7. The maximum absolute atomic E-state index is 7.02. The van der Waals surface area contributed by atoms with Gasteiger partial charge in [-0.1, -0.05) is 158 Å². The fourth-order valence-corrected chi connectivity index (χ4v) is 8.04. The van der Waals surface area contributed by atoms with Gasteiger partial charge in [-0.25, -0.2) is 15.0 Å². The molecule has 272 valence electrons. The average Bonchev–Trinajstić information content (AvgIpc) is 3.69. The van der Waals surface area contributed by atoms with Crippen molar-refractivity contribution in [3.8, 4) is 45.3 Å². The van der Waals surface area contributed by atoms with Crippen LogP contribution in [0.1, 0.15) is 0 Å². The van der Waals surface area contributed by atoms with Gasteiger partial charge in [0.05, 0.1) is 5.56 Å². The molecule has 0 radical (unpaired) electrons. The van der Waals surface area contributed by atoms with Crippen molar-refractivity contribution in [2.75, 3.05) is 4.90 Å². The van der Waals surface area contributed by atoms with Crippen LogP contribution in [0.15, 0.2) is 211 Å². The zero-order valence-corrected chi connectivity index (χ0v) is 31.3. The third-order valence-corrected chi connectivity index (χ3v) is 10.9. The second-order valence-electron chi connectivity index (χ2n) is 14.4. The largest absolute Gasteiger partial charge is 0.455 e. The van der Waals surface area contributed by atoms with Crippen molar-refractivity contribution in [2.45, 2.75) is 0 Å². The molecule has 0 atom stereocenters. The van der Waals surface area contributed by atoms with Crippen LogP contribution in [0, 0.1) is 0 Å². The lowest BCUT2D eigenvalue weighted by Gasteiger charge is -2.26. The van der Waals surface area contributed by atoms with Crippen molar-refractivity contribution >= 4 is 60.5 Å². The Morgan fingerprint density at radius 2 is 0.862 bits per heavy atom. The maximum atomic E-state index is 7.02. The number of furan rings is 1. The van der Waals surface area contributed by atoms with Gasteiger partial charge in [0, 0.05) is 45.0 Å². The van der Waals surface area contributed by atoms with Crippen LogP contribution in [-0.4, -0.2) is 15.0 Å². The van der Waals surface area contributed by atoms with Crippen LogP contribution in [0.2, 0.25) is 0 Å². The molecule has 11 rings (SSSR count). The minimum atomic E-state index is 0.555. The summed E-state index contributed by atoms with van der Waals surface area (Å²) >= 11 is 0. The molecule has 0 N–H and O–H groups in total. The van der Waals surface area contributed by atoms with Crippen molar-refractivity contribution in [1.82, 2.24) is 15.0 Å². The minimum Gasteiger partial charge on any atom is -0.455 e. The van der Waals surface area contributed by atoms with Gasteiger partial charge in [0.1, 0.15) is 11.2 Å². The molecule has 0 spiro atoms. The van der Waals surface area contributed by atoms with Gasteiger partial charge in [0.2, 0.25) is 0 Å². The Morgan fingerprint density at radius 1 is 0.345 bits per heavy atom. The summed E-state index contributed by atoms with van der Waals surface area (Å²) in [5.74, 6) is 1.76. The van der Waals surface area contributed by atoms with E-state index in [1.165, 1.54) is 21.9 Å². The lowest BCUT2D eigenvalue weighted by atomic mass is 9.99. The van der Waals surface area contributed by atoms with Gasteiger partial charge >= 0.3 is 0 Å². The molecule has 2 aromatic heterocycles. The predicted molar refractivity (Wildman–Crippen MR) is 239 cm³/mol. The van der Waals surface area contributed by atoms with Crippen LogP contribution < -0.4 is 4.90 Å². The summed E-state index contributed by atoms with van der Waals surface area (Å²) in [5.41, 5.74) is 9.59. The fraction of sp³-hybridized carbons (Fsp3) is 0. The molecule has 0 fully saturated rings. The van der Waals surface area contributed by atoms with E-state index < -0.39 is 0 Å². The summed E-state index contributed by atoms with van der Waals surface area (Å²) in [4.78, 5) is 17.5. The van der Waals surface area contributed by atoms with Gasteiger partial charge in [-0.2, -0.15) is 0 Å². The smallest absolute Gasteiger partial charge is 0.167 e. The van der Waals surface area contributed by atoms with Gasteiger partial charge in [0.15, 0.2) is 17.5 Å². The monoisotopic (exact) mass is 742 g/mol. The molecule has 0 amide bonds. The molecule has 11 aromatic rings. The maximum Gasteiger partial charge on any atom is 0.167 e. The van der Waals surface area contributed by atoms with E-state index in [4.69, 9.17) is 19.4 Å². The van der Waals surface area contributed by atoms with Gasteiger partial charge < -0.3 is 9.32 Å². The number of benzene rings is 9. The molecule has 0 saturated carbocycles. The number of fused-ring (bicyclic) bond motifs is 6. The van der Waals surface area contributed by atoms with E-state index in [-0.39, 0.29) is 0 Å². The van der Waals surface area contributed by atoms with Crippen LogP contribution in [0.3, 0.4) is 0 Å². The third-order valence-electron chi connectivity index (χ3n) is 10.9. The molecule has 0 aliphatic carbocycles. The summed E-state index contributed by atoms with van der Waals surface area (Å²) in [6.07, 6.45) is 0. The quantitative estimate of drug-likeness (QED) is 0.163. The van der Waals surface area contributed by atoms with E-state index in [1.807, 2.05) is 66.7 Å². The number of hydrogen-bond acceptors (Lipinski definition) is 5. The zero-order chi connectivity index (χ0) is 38.4. The molecule has 0 saturated heterocycles. The Kier molecular flexibility index (Phi) is 8.07. The van der Waals surface area contributed by atoms with Gasteiger partial charge in [-0.05, 0) is 75.1 Å². The van der Waals surface area contributed by atoms with Crippen LogP contribution in [-0.2, 0) is 0 Å². The van der Waals surface area contributed by atoms with Gasteiger partial charge in [-0.3, -0.25) is 0 Å². The summed E-state index contributed by atoms with van der Waals surface area (Å²) < 4.78 is 7.02. The Labute approximate surface area is 335 Å². The van der Waals surface area contributed by atoms with Crippen molar-refractivity contribution < 1.29 is 4.42 Å². The number of aromatic nitrogens is 3. The second kappa shape index (κ2) is 14.0. The van der Waals surface area contributed by atoms with Gasteiger partial charge in [0.25, 0.3) is 0 Å². The molecular formula is C53H34N4O. The van der Waals surface area contributed by atoms with Crippen molar-refractivity contribution in [3.05, 3.63) is 206 Å². The molecule has 0 unspecified atom stereocenters. The standard InChI is InChI=1S/C53H34N4O/c1-4-14-35(15-5-1)37-24-27-42(28-25-37)57(43-29-26-36-16-10-11-21-40(36)32-43)44-30-31-46-48(34-44)58-50-47(33-41-22-12-13-23-45(41)49(46)50)53-55-51(38-17-6-2-7-18-38)54-52(56-53)39-19-8-3-9-20-39/h1-34H. The molecule has 58 heavy (non-hydrogen) atoms. The number of anilines is 3. The van der Waals surface area contributed by atoms with E-state index in [9.17, 15) is 0 Å². The zero-order valence-electron chi connectivity index (χ0n) is 31.3. The molecule has 5 nitrogen and oxygen atoms in total. The predicted octanol–water partition coefficient (Wildman–Crippen LogP) is 14.2. The third kappa shape index (κ3) is 5.94. The first-order valence-electron chi connectivity index (χ1n) is 19.4. The highest BCUT2D eigenvalue weighted by Gasteiger charge is 2.22.